The van der Waals surface area contributed by atoms with Gasteiger partial charge in [0.25, 0.3) is 5.91 Å². The van der Waals surface area contributed by atoms with E-state index in [-0.39, 0.29) is 24.3 Å². The van der Waals surface area contributed by atoms with E-state index in [9.17, 15) is 9.59 Å². The Morgan fingerprint density at radius 2 is 2.06 bits per heavy atom. The number of carbonyl (C=O) groups excluding carboxylic acids is 2. The summed E-state index contributed by atoms with van der Waals surface area (Å²) in [6.07, 6.45) is 3.11. The van der Waals surface area contributed by atoms with Crippen LogP contribution < -0.4 is 10.6 Å². The quantitative estimate of drug-likeness (QED) is 0.471. The van der Waals surface area contributed by atoms with Gasteiger partial charge in [-0.1, -0.05) is 25.9 Å². The van der Waals surface area contributed by atoms with E-state index >= 15 is 0 Å². The fourth-order valence-electron chi connectivity index (χ4n) is 1.01. The molecule has 18 heavy (non-hydrogen) atoms. The van der Waals surface area contributed by atoms with Crippen molar-refractivity contribution >= 4 is 18.0 Å². The van der Waals surface area contributed by atoms with E-state index in [1.165, 1.54) is 6.21 Å². The van der Waals surface area contributed by atoms with Gasteiger partial charge in [-0.15, -0.1) is 0 Å². The van der Waals surface area contributed by atoms with Crippen molar-refractivity contribution in [1.29, 1.82) is 0 Å². The Balaban J connectivity index is 3.54. The molecule has 0 aromatic rings. The van der Waals surface area contributed by atoms with Gasteiger partial charge >= 0.3 is 0 Å². The molecule has 104 valence electrons. The number of carbonyl (C=O) groups is 2. The first-order valence-corrected chi connectivity index (χ1v) is 6.30. The first kappa shape index (κ1) is 16.4. The van der Waals surface area contributed by atoms with Crippen LogP contribution in [-0.2, 0) is 14.4 Å². The second kappa shape index (κ2) is 10.6. The molecule has 0 saturated carbocycles. The fourth-order valence-corrected chi connectivity index (χ4v) is 1.01. The summed E-state index contributed by atoms with van der Waals surface area (Å²) in [6, 6.07) is 0. The first-order valence-electron chi connectivity index (χ1n) is 6.30. The Kier molecular flexibility index (Phi) is 9.62. The van der Waals surface area contributed by atoms with Gasteiger partial charge < -0.3 is 15.5 Å². The monoisotopic (exact) mass is 257 g/mol. The Morgan fingerprint density at radius 3 is 2.67 bits per heavy atom. The number of oxime groups is 1. The average Bonchev–Trinajstić information content (AvgIpc) is 2.38. The number of hydrogen-bond acceptors (Lipinski definition) is 4. The molecule has 2 amide bonds. The minimum atomic E-state index is -0.197. The van der Waals surface area contributed by atoms with E-state index in [1.807, 2.05) is 20.8 Å². The summed E-state index contributed by atoms with van der Waals surface area (Å²) in [5, 5.41) is 8.92. The van der Waals surface area contributed by atoms with Gasteiger partial charge in [-0.3, -0.25) is 9.59 Å². The van der Waals surface area contributed by atoms with Crippen LogP contribution in [0.15, 0.2) is 5.16 Å². The van der Waals surface area contributed by atoms with Crippen LogP contribution >= 0.6 is 0 Å². The van der Waals surface area contributed by atoms with Gasteiger partial charge in [0.15, 0.2) is 6.61 Å². The fraction of sp³-hybridized carbons (Fsp3) is 0.750. The highest BCUT2D eigenvalue weighted by Crippen LogP contribution is 1.98. The van der Waals surface area contributed by atoms with Crippen molar-refractivity contribution in [3.05, 3.63) is 0 Å². The molecule has 0 saturated heterocycles. The molecule has 0 spiro atoms. The van der Waals surface area contributed by atoms with Crippen molar-refractivity contribution in [2.24, 2.45) is 11.1 Å². The topological polar surface area (TPSA) is 79.8 Å². The zero-order valence-corrected chi connectivity index (χ0v) is 11.4. The largest absolute Gasteiger partial charge is 0.386 e. The molecule has 0 aliphatic heterocycles. The van der Waals surface area contributed by atoms with Crippen LogP contribution in [0.2, 0.25) is 0 Å². The lowest BCUT2D eigenvalue weighted by atomic mass is 10.1. The maximum absolute atomic E-state index is 11.4. The Labute approximate surface area is 108 Å². The third-order valence-corrected chi connectivity index (χ3v) is 2.34. The zero-order valence-electron chi connectivity index (χ0n) is 11.4. The van der Waals surface area contributed by atoms with Crippen LogP contribution in [0.4, 0.5) is 0 Å². The predicted octanol–water partition coefficient (Wildman–Crippen LogP) is 0.677. The molecule has 1 atom stereocenters. The molecule has 0 aromatic carbocycles. The molecule has 0 heterocycles. The molecule has 6 nitrogen and oxygen atoms in total. The van der Waals surface area contributed by atoms with Crippen LogP contribution in [0.5, 0.6) is 0 Å². The second-order valence-corrected chi connectivity index (χ2v) is 3.97. The molecule has 0 fully saturated rings. The number of nitrogens with one attached hydrogen (secondary N) is 2. The molecule has 0 aliphatic carbocycles. The summed E-state index contributed by atoms with van der Waals surface area (Å²) in [4.78, 5) is 27.2. The molecule has 0 aliphatic rings. The minimum Gasteiger partial charge on any atom is -0.386 e. The lowest BCUT2D eigenvalue weighted by Gasteiger charge is -2.07. The van der Waals surface area contributed by atoms with Crippen LogP contribution in [0.1, 0.15) is 33.6 Å². The summed E-state index contributed by atoms with van der Waals surface area (Å²) in [5.74, 6) is -0.207. The number of rotatable bonds is 9. The highest BCUT2D eigenvalue weighted by molar-refractivity contribution is 5.80. The lowest BCUT2D eigenvalue weighted by Crippen LogP contribution is -2.30. The summed E-state index contributed by atoms with van der Waals surface area (Å²) < 4.78 is 0. The number of amides is 2. The van der Waals surface area contributed by atoms with Crippen LogP contribution in [-0.4, -0.2) is 37.7 Å². The SMILES string of the molecule is CCCNC(=O)CON=CCNC(=O)C(C)CC. The normalized spacial score (nSPS) is 12.2. The van der Waals surface area contributed by atoms with Crippen molar-refractivity contribution in [2.45, 2.75) is 33.6 Å². The van der Waals surface area contributed by atoms with Crippen molar-refractivity contribution in [3.63, 3.8) is 0 Å². The van der Waals surface area contributed by atoms with E-state index in [0.717, 1.165) is 12.8 Å². The summed E-state index contributed by atoms with van der Waals surface area (Å²) in [6.45, 7) is 6.63. The Bertz CT molecular complexity index is 280. The number of nitrogens with zero attached hydrogens (tertiary/aromatic N) is 1. The van der Waals surface area contributed by atoms with Gasteiger partial charge in [0, 0.05) is 12.5 Å². The molecule has 1 unspecified atom stereocenters. The summed E-state index contributed by atoms with van der Waals surface area (Å²) in [5.41, 5.74) is 0. The van der Waals surface area contributed by atoms with E-state index in [0.29, 0.717) is 13.1 Å². The number of hydrogen-bond donors (Lipinski definition) is 2. The maximum atomic E-state index is 11.4. The van der Waals surface area contributed by atoms with Gasteiger partial charge in [0.1, 0.15) is 0 Å². The van der Waals surface area contributed by atoms with Crippen LogP contribution in [0.3, 0.4) is 0 Å². The predicted molar refractivity (Wildman–Crippen MR) is 70.2 cm³/mol. The van der Waals surface area contributed by atoms with E-state index < -0.39 is 0 Å². The van der Waals surface area contributed by atoms with Crippen molar-refractivity contribution in [3.8, 4) is 0 Å². The summed E-state index contributed by atoms with van der Waals surface area (Å²) in [7, 11) is 0. The standard InChI is InChI=1S/C12H23N3O3/c1-4-6-13-11(16)9-18-15-8-7-14-12(17)10(3)5-2/h8,10H,4-7,9H2,1-3H3,(H,13,16)(H,14,17). The molecular weight excluding hydrogens is 234 g/mol. The molecule has 6 heteroatoms. The van der Waals surface area contributed by atoms with Gasteiger partial charge in [-0.2, -0.15) is 0 Å². The van der Waals surface area contributed by atoms with Gasteiger partial charge in [0.2, 0.25) is 5.91 Å². The first-order chi connectivity index (χ1) is 8.61. The van der Waals surface area contributed by atoms with E-state index in [4.69, 9.17) is 4.84 Å². The lowest BCUT2D eigenvalue weighted by molar-refractivity contribution is -0.126. The minimum absolute atomic E-state index is 0.000796. The smallest absolute Gasteiger partial charge is 0.260 e. The average molecular weight is 257 g/mol. The summed E-state index contributed by atoms with van der Waals surface area (Å²) >= 11 is 0. The van der Waals surface area contributed by atoms with E-state index in [1.54, 1.807) is 0 Å². The van der Waals surface area contributed by atoms with Crippen molar-refractivity contribution in [2.75, 3.05) is 19.7 Å². The van der Waals surface area contributed by atoms with Gasteiger partial charge in [-0.05, 0) is 12.8 Å². The molecule has 0 rings (SSSR count). The van der Waals surface area contributed by atoms with Gasteiger partial charge in [0.05, 0.1) is 12.8 Å². The molecule has 0 aromatic heterocycles. The van der Waals surface area contributed by atoms with Crippen LogP contribution in [0.25, 0.3) is 0 Å². The third-order valence-electron chi connectivity index (χ3n) is 2.34. The molecule has 2 N–H and O–H groups in total. The zero-order chi connectivity index (χ0) is 13.8. The van der Waals surface area contributed by atoms with Gasteiger partial charge in [-0.25, -0.2) is 0 Å². The maximum Gasteiger partial charge on any atom is 0.260 e. The van der Waals surface area contributed by atoms with Crippen LogP contribution in [0, 0.1) is 5.92 Å². The Morgan fingerprint density at radius 1 is 1.33 bits per heavy atom. The highest BCUT2D eigenvalue weighted by atomic mass is 16.6. The third kappa shape index (κ3) is 8.55. The highest BCUT2D eigenvalue weighted by Gasteiger charge is 2.08. The molecular formula is C12H23N3O3. The molecule has 0 radical (unpaired) electrons. The second-order valence-electron chi connectivity index (χ2n) is 3.97. The van der Waals surface area contributed by atoms with Crippen molar-refractivity contribution < 1.29 is 14.4 Å². The van der Waals surface area contributed by atoms with E-state index in [2.05, 4.69) is 15.8 Å². The Hall–Kier alpha value is -1.59. The van der Waals surface area contributed by atoms with Crippen molar-refractivity contribution in [1.82, 2.24) is 10.6 Å². The molecule has 0 bridgehead atoms.